The zero-order chi connectivity index (χ0) is 10.1. The molecule has 0 aromatic rings. The highest BCUT2D eigenvalue weighted by molar-refractivity contribution is 7.55. The van der Waals surface area contributed by atoms with Gasteiger partial charge in [0, 0.05) is 18.7 Å². The van der Waals surface area contributed by atoms with Gasteiger partial charge in [-0.15, -0.1) is 0 Å². The Kier molecular flexibility index (Phi) is 3.54. The van der Waals surface area contributed by atoms with Crippen LogP contribution in [0.1, 0.15) is 6.42 Å². The number of rotatable bonds is 3. The molecule has 13 heavy (non-hydrogen) atoms. The lowest BCUT2D eigenvalue weighted by Crippen LogP contribution is -2.36. The van der Waals surface area contributed by atoms with E-state index < -0.39 is 7.52 Å². The molecule has 0 spiro atoms. The summed E-state index contributed by atoms with van der Waals surface area (Å²) in [6.45, 7) is 1.12. The van der Waals surface area contributed by atoms with Crippen molar-refractivity contribution < 1.29 is 19.3 Å². The van der Waals surface area contributed by atoms with Crippen LogP contribution in [0.5, 0.6) is 0 Å². The lowest BCUT2D eigenvalue weighted by atomic mass is 9.95. The maximum atomic E-state index is 11.0. The van der Waals surface area contributed by atoms with Crippen molar-refractivity contribution in [2.24, 2.45) is 0 Å². The van der Waals surface area contributed by atoms with Gasteiger partial charge in [0.05, 0.1) is 12.7 Å². The monoisotopic (exact) mass is 207 g/mol. The van der Waals surface area contributed by atoms with Crippen molar-refractivity contribution in [3.05, 3.63) is 0 Å². The van der Waals surface area contributed by atoms with Crippen molar-refractivity contribution in [3.8, 4) is 0 Å². The number of aliphatic hydroxyl groups excluding tert-OH is 1. The van der Waals surface area contributed by atoms with Crippen LogP contribution in [0.2, 0.25) is 0 Å². The quantitative estimate of drug-likeness (QED) is 0.387. The number of hydrogen-bond donors (Lipinski definition) is 3. The molecular formula is C6H15BNO4P. The Labute approximate surface area is 78.4 Å². The molecule has 0 bridgehead atoms. The minimum Gasteiger partial charge on any atom is -0.394 e. The molecular weight excluding hydrogens is 192 g/mol. The minimum absolute atomic E-state index is 0.0289. The van der Waals surface area contributed by atoms with Crippen LogP contribution in [-0.4, -0.2) is 49.3 Å². The summed E-state index contributed by atoms with van der Waals surface area (Å²) in [5.41, 5.74) is 0. The molecule has 5 nitrogen and oxygen atoms in total. The summed E-state index contributed by atoms with van der Waals surface area (Å²) in [7, 11) is -1.36. The summed E-state index contributed by atoms with van der Waals surface area (Å²) in [4.78, 5) is 9.08. The topological polar surface area (TPSA) is 78.8 Å². The van der Waals surface area contributed by atoms with E-state index in [1.807, 2.05) is 7.85 Å². The average molecular weight is 207 g/mol. The first-order valence-corrected chi connectivity index (χ1v) is 6.37. The highest BCUT2D eigenvalue weighted by Gasteiger charge is 2.34. The van der Waals surface area contributed by atoms with Crippen LogP contribution < -0.4 is 5.09 Å². The van der Waals surface area contributed by atoms with Crippen LogP contribution in [0.4, 0.5) is 0 Å². The molecule has 7 heteroatoms. The van der Waals surface area contributed by atoms with Gasteiger partial charge in [0.15, 0.2) is 0 Å². The molecule has 0 aromatic carbocycles. The number of nitrogens with one attached hydrogen (secondary N) is 1. The predicted molar refractivity (Wildman–Crippen MR) is 51.6 cm³/mol. The summed E-state index contributed by atoms with van der Waals surface area (Å²) >= 11 is 0. The molecule has 1 rings (SSSR count). The lowest BCUT2D eigenvalue weighted by Gasteiger charge is -2.19. The predicted octanol–water partition coefficient (Wildman–Crippen LogP) is -1.50. The molecule has 1 saturated heterocycles. The molecule has 1 unspecified atom stereocenters. The minimum atomic E-state index is -3.23. The third-order valence-corrected chi connectivity index (χ3v) is 2.84. The largest absolute Gasteiger partial charge is 0.394 e. The second-order valence-electron chi connectivity index (χ2n) is 3.52. The number of hydrogen-bond acceptors (Lipinski definition) is 3. The first kappa shape index (κ1) is 11.2. The van der Waals surface area contributed by atoms with E-state index >= 15 is 0 Å². The highest BCUT2D eigenvalue weighted by Crippen LogP contribution is 2.33. The van der Waals surface area contributed by atoms with Gasteiger partial charge in [-0.05, 0) is 6.42 Å². The molecule has 1 fully saturated rings. The van der Waals surface area contributed by atoms with Gasteiger partial charge in [0.1, 0.15) is 7.85 Å². The fraction of sp³-hybridized carbons (Fsp3) is 1.00. The molecule has 1 aliphatic rings. The van der Waals surface area contributed by atoms with Crippen molar-refractivity contribution in [1.29, 1.82) is 0 Å². The van der Waals surface area contributed by atoms with Gasteiger partial charge < -0.3 is 14.7 Å². The average Bonchev–Trinajstić information content (AvgIpc) is 2.27. The molecule has 76 valence electrons. The maximum Gasteiger partial charge on any atom is 0.264 e. The molecule has 1 heterocycles. The summed E-state index contributed by atoms with van der Waals surface area (Å²) in [5.74, 6) is 0. The van der Waals surface area contributed by atoms with Crippen LogP contribution in [-0.2, 0) is 9.30 Å². The van der Waals surface area contributed by atoms with Crippen LogP contribution >= 0.6 is 7.52 Å². The van der Waals surface area contributed by atoms with Gasteiger partial charge in [-0.1, -0.05) is 0 Å². The standard InChI is InChI=1S/C6H15BNO4P/c1-13(10,11)8-4-2-6(7)12-5(4)3-9/h4-6,9H,2-3,7H2,1H3,(H2,8,10,11)/t4-,5-,6-/m1/s1. The zero-order valence-corrected chi connectivity index (χ0v) is 8.70. The number of ether oxygens (including phenoxy) is 1. The Morgan fingerprint density at radius 2 is 2.38 bits per heavy atom. The summed E-state index contributed by atoms with van der Waals surface area (Å²) in [5, 5.41) is 11.5. The second-order valence-corrected chi connectivity index (χ2v) is 5.53. The molecule has 0 saturated carbocycles. The third-order valence-electron chi connectivity index (χ3n) is 2.03. The van der Waals surface area contributed by atoms with E-state index in [1.165, 1.54) is 6.66 Å². The van der Waals surface area contributed by atoms with E-state index in [9.17, 15) is 4.57 Å². The Bertz CT molecular complexity index is 221. The van der Waals surface area contributed by atoms with Crippen LogP contribution in [0.3, 0.4) is 0 Å². The van der Waals surface area contributed by atoms with Gasteiger partial charge in [0.25, 0.3) is 7.52 Å². The van der Waals surface area contributed by atoms with E-state index in [-0.39, 0.29) is 24.8 Å². The van der Waals surface area contributed by atoms with E-state index in [0.717, 1.165) is 0 Å². The van der Waals surface area contributed by atoms with Gasteiger partial charge in [-0.25, -0.2) is 5.09 Å². The van der Waals surface area contributed by atoms with Crippen LogP contribution in [0.25, 0.3) is 0 Å². The second kappa shape index (κ2) is 4.11. The number of aliphatic hydroxyl groups is 1. The molecule has 4 atom stereocenters. The maximum absolute atomic E-state index is 11.0. The molecule has 0 aromatic heterocycles. The Hall–Kier alpha value is 0.135. The van der Waals surface area contributed by atoms with Crippen LogP contribution in [0, 0.1) is 0 Å². The Morgan fingerprint density at radius 3 is 2.85 bits per heavy atom. The lowest BCUT2D eigenvalue weighted by molar-refractivity contribution is 0.0357. The Balaban J connectivity index is 2.54. The highest BCUT2D eigenvalue weighted by atomic mass is 31.2. The van der Waals surface area contributed by atoms with E-state index in [4.69, 9.17) is 14.7 Å². The fourth-order valence-electron chi connectivity index (χ4n) is 1.57. The molecule has 0 radical (unpaired) electrons. The van der Waals surface area contributed by atoms with Gasteiger partial charge in [0.2, 0.25) is 0 Å². The summed E-state index contributed by atoms with van der Waals surface area (Å²) < 4.78 is 16.4. The fourth-order valence-corrected chi connectivity index (χ4v) is 2.46. The van der Waals surface area contributed by atoms with E-state index in [1.54, 1.807) is 0 Å². The normalized spacial score (nSPS) is 38.8. The van der Waals surface area contributed by atoms with Gasteiger partial charge >= 0.3 is 0 Å². The van der Waals surface area contributed by atoms with Crippen molar-refractivity contribution in [2.75, 3.05) is 13.3 Å². The molecule has 0 aliphatic carbocycles. The summed E-state index contributed by atoms with van der Waals surface area (Å²) in [6, 6.07) is -0.193. The first-order chi connectivity index (χ1) is 5.92. The zero-order valence-electron chi connectivity index (χ0n) is 7.80. The van der Waals surface area contributed by atoms with Crippen LogP contribution in [0.15, 0.2) is 0 Å². The Morgan fingerprint density at radius 1 is 1.77 bits per heavy atom. The smallest absolute Gasteiger partial charge is 0.264 e. The molecule has 3 N–H and O–H groups in total. The third kappa shape index (κ3) is 3.40. The van der Waals surface area contributed by atoms with Gasteiger partial charge in [-0.3, -0.25) is 4.57 Å². The first-order valence-electron chi connectivity index (χ1n) is 4.27. The van der Waals surface area contributed by atoms with E-state index in [0.29, 0.717) is 6.42 Å². The van der Waals surface area contributed by atoms with Gasteiger partial charge in [-0.2, -0.15) is 0 Å². The molecule has 1 aliphatic heterocycles. The summed E-state index contributed by atoms with van der Waals surface area (Å²) in [6.07, 6.45) is 0.291. The van der Waals surface area contributed by atoms with Crippen molar-refractivity contribution in [3.63, 3.8) is 0 Å². The molecule has 0 amide bonds. The van der Waals surface area contributed by atoms with Crippen molar-refractivity contribution in [2.45, 2.75) is 24.6 Å². The van der Waals surface area contributed by atoms with Crippen molar-refractivity contribution in [1.82, 2.24) is 5.09 Å². The SMILES string of the molecule is B[C@H]1C[C@@H](NP(C)(=O)O)[C@@H](CO)O1. The van der Waals surface area contributed by atoms with Crippen molar-refractivity contribution >= 4 is 15.4 Å². The van der Waals surface area contributed by atoms with E-state index in [2.05, 4.69) is 5.09 Å².